The molecule has 2 aromatic carbocycles. The van der Waals surface area contributed by atoms with Crippen molar-refractivity contribution in [3.63, 3.8) is 0 Å². The zero-order valence-electron chi connectivity index (χ0n) is 15.1. The van der Waals surface area contributed by atoms with Crippen LogP contribution in [0.15, 0.2) is 52.9 Å². The highest BCUT2D eigenvalue weighted by atomic mass is 32.2. The molecular formula is C21H22O4S. The first-order valence-electron chi connectivity index (χ1n) is 8.36. The molecule has 0 fully saturated rings. The normalized spacial score (nSPS) is 15.5. The van der Waals surface area contributed by atoms with Gasteiger partial charge < -0.3 is 9.84 Å². The quantitative estimate of drug-likeness (QED) is 0.869. The monoisotopic (exact) mass is 370 g/mol. The second kappa shape index (κ2) is 7.09. The van der Waals surface area contributed by atoms with Crippen molar-refractivity contribution in [1.82, 2.24) is 0 Å². The second-order valence-corrected chi connectivity index (χ2v) is 8.40. The number of hydrogen-bond acceptors (Lipinski definition) is 4. The Labute approximate surface area is 154 Å². The molecule has 0 spiro atoms. The number of benzene rings is 2. The Morgan fingerprint density at radius 1 is 1.08 bits per heavy atom. The van der Waals surface area contributed by atoms with Crippen molar-refractivity contribution in [2.45, 2.75) is 18.2 Å². The fourth-order valence-electron chi connectivity index (χ4n) is 3.30. The van der Waals surface area contributed by atoms with E-state index < -0.39 is 9.84 Å². The molecular weight excluding hydrogens is 348 g/mol. The summed E-state index contributed by atoms with van der Waals surface area (Å²) in [7, 11) is -1.56. The number of aliphatic hydroxyl groups is 1. The maximum Gasteiger partial charge on any atom is 0.175 e. The summed E-state index contributed by atoms with van der Waals surface area (Å²) in [5.41, 5.74) is 6.42. The van der Waals surface area contributed by atoms with Gasteiger partial charge in [0.05, 0.1) is 12.0 Å². The van der Waals surface area contributed by atoms with Crippen LogP contribution in [0.3, 0.4) is 0 Å². The molecule has 0 aliphatic heterocycles. The van der Waals surface area contributed by atoms with Crippen LogP contribution in [0.5, 0.6) is 5.75 Å². The minimum Gasteiger partial charge on any atom is -0.497 e. The van der Waals surface area contributed by atoms with Crippen molar-refractivity contribution < 1.29 is 18.3 Å². The van der Waals surface area contributed by atoms with E-state index in [0.717, 1.165) is 39.2 Å². The summed E-state index contributed by atoms with van der Waals surface area (Å²) in [6.07, 6.45) is 3.84. The minimum absolute atomic E-state index is 0.0830. The summed E-state index contributed by atoms with van der Waals surface area (Å²) in [5, 5.41) is 9.44. The maximum atomic E-state index is 11.6. The molecule has 0 aromatic heterocycles. The molecule has 2 aromatic rings. The molecule has 0 saturated carbocycles. The number of fused-ring (bicyclic) bond motifs is 1. The van der Waals surface area contributed by atoms with Crippen LogP contribution in [0.1, 0.15) is 30.0 Å². The molecule has 1 aliphatic rings. The van der Waals surface area contributed by atoms with Gasteiger partial charge in [-0.1, -0.05) is 18.2 Å². The Bertz CT molecular complexity index is 997. The van der Waals surface area contributed by atoms with Crippen LogP contribution < -0.4 is 4.74 Å². The van der Waals surface area contributed by atoms with Gasteiger partial charge in [-0.2, -0.15) is 0 Å². The molecule has 0 amide bonds. The van der Waals surface area contributed by atoms with Crippen LogP contribution in [0.2, 0.25) is 0 Å². The van der Waals surface area contributed by atoms with Crippen molar-refractivity contribution in [2.24, 2.45) is 0 Å². The molecule has 1 aliphatic carbocycles. The topological polar surface area (TPSA) is 63.6 Å². The van der Waals surface area contributed by atoms with Gasteiger partial charge >= 0.3 is 0 Å². The van der Waals surface area contributed by atoms with Gasteiger partial charge in [0.1, 0.15) is 5.75 Å². The number of rotatable bonds is 5. The first-order valence-corrected chi connectivity index (χ1v) is 10.3. The lowest BCUT2D eigenvalue weighted by Crippen LogP contribution is -1.96. The van der Waals surface area contributed by atoms with E-state index >= 15 is 0 Å². The van der Waals surface area contributed by atoms with Gasteiger partial charge in [-0.3, -0.25) is 0 Å². The van der Waals surface area contributed by atoms with Gasteiger partial charge in [0.25, 0.3) is 0 Å². The van der Waals surface area contributed by atoms with Gasteiger partial charge in [-0.05, 0) is 77.1 Å². The van der Waals surface area contributed by atoms with E-state index in [4.69, 9.17) is 4.74 Å². The highest BCUT2D eigenvalue weighted by molar-refractivity contribution is 7.90. The SMILES string of the molecule is COc1ccc2c(c1)C(CCO)=C(C)C2=Cc1ccc(S(C)(=O)=O)cc1. The Balaban J connectivity index is 2.09. The fourth-order valence-corrected chi connectivity index (χ4v) is 3.93. The standard InChI is InChI=1S/C21H22O4S/c1-14-18(10-11-22)21-13-16(25-2)6-9-19(21)20(14)12-15-4-7-17(8-5-15)26(3,23)24/h4-9,12-13,22H,10-11H2,1-3H3. The summed E-state index contributed by atoms with van der Waals surface area (Å²) in [6.45, 7) is 2.13. The molecule has 0 atom stereocenters. The molecule has 0 unspecified atom stereocenters. The van der Waals surface area contributed by atoms with Crippen LogP contribution in [-0.4, -0.2) is 33.5 Å². The highest BCUT2D eigenvalue weighted by Gasteiger charge is 2.23. The van der Waals surface area contributed by atoms with Gasteiger partial charge in [-0.25, -0.2) is 8.42 Å². The van der Waals surface area contributed by atoms with Crippen LogP contribution in [0.4, 0.5) is 0 Å². The van der Waals surface area contributed by atoms with Crippen molar-refractivity contribution in [2.75, 3.05) is 20.0 Å². The molecule has 0 radical (unpaired) electrons. The number of hydrogen-bond donors (Lipinski definition) is 1. The zero-order chi connectivity index (χ0) is 18.9. The zero-order valence-corrected chi connectivity index (χ0v) is 15.9. The lowest BCUT2D eigenvalue weighted by atomic mass is 10.0. The minimum atomic E-state index is -3.20. The lowest BCUT2D eigenvalue weighted by Gasteiger charge is -2.07. The molecule has 1 N–H and O–H groups in total. The van der Waals surface area contributed by atoms with E-state index in [0.29, 0.717) is 11.3 Å². The summed E-state index contributed by atoms with van der Waals surface area (Å²) >= 11 is 0. The average Bonchev–Trinajstić information content (AvgIpc) is 2.87. The molecule has 0 bridgehead atoms. The van der Waals surface area contributed by atoms with E-state index in [2.05, 4.69) is 6.08 Å². The van der Waals surface area contributed by atoms with E-state index in [9.17, 15) is 13.5 Å². The third-order valence-electron chi connectivity index (χ3n) is 4.68. The van der Waals surface area contributed by atoms with Crippen LogP contribution in [-0.2, 0) is 9.84 Å². The highest BCUT2D eigenvalue weighted by Crippen LogP contribution is 2.44. The van der Waals surface area contributed by atoms with E-state index in [1.54, 1.807) is 19.2 Å². The second-order valence-electron chi connectivity index (χ2n) is 6.39. The molecule has 0 saturated heterocycles. The summed E-state index contributed by atoms with van der Waals surface area (Å²) in [4.78, 5) is 0.310. The third-order valence-corrected chi connectivity index (χ3v) is 5.81. The Kier molecular flexibility index (Phi) is 5.03. The summed E-state index contributed by atoms with van der Waals surface area (Å²) in [5.74, 6) is 0.783. The van der Waals surface area contributed by atoms with E-state index in [-0.39, 0.29) is 6.61 Å². The van der Waals surface area contributed by atoms with Gasteiger partial charge in [-0.15, -0.1) is 0 Å². The predicted octanol–water partition coefficient (Wildman–Crippen LogP) is 3.81. The number of aliphatic hydroxyl groups excluding tert-OH is 1. The van der Waals surface area contributed by atoms with E-state index in [1.165, 1.54) is 6.26 Å². The first kappa shape index (κ1) is 18.4. The smallest absolute Gasteiger partial charge is 0.175 e. The van der Waals surface area contributed by atoms with Crippen molar-refractivity contribution in [3.05, 3.63) is 64.7 Å². The summed E-state index contributed by atoms with van der Waals surface area (Å²) < 4.78 is 28.6. The molecule has 136 valence electrons. The average molecular weight is 370 g/mol. The van der Waals surface area contributed by atoms with Crippen molar-refractivity contribution in [1.29, 1.82) is 0 Å². The number of methoxy groups -OCH3 is 1. The van der Waals surface area contributed by atoms with Crippen molar-refractivity contribution >= 4 is 27.1 Å². The van der Waals surface area contributed by atoms with Crippen LogP contribution >= 0.6 is 0 Å². The number of allylic oxidation sites excluding steroid dienone is 2. The Morgan fingerprint density at radius 2 is 1.77 bits per heavy atom. The largest absolute Gasteiger partial charge is 0.497 e. The number of sulfone groups is 1. The molecule has 4 nitrogen and oxygen atoms in total. The molecule has 26 heavy (non-hydrogen) atoms. The van der Waals surface area contributed by atoms with Crippen LogP contribution in [0.25, 0.3) is 17.2 Å². The van der Waals surface area contributed by atoms with Gasteiger partial charge in [0.2, 0.25) is 0 Å². The molecule has 0 heterocycles. The summed E-state index contributed by atoms with van der Waals surface area (Å²) in [6, 6.07) is 12.8. The lowest BCUT2D eigenvalue weighted by molar-refractivity contribution is 0.305. The van der Waals surface area contributed by atoms with Gasteiger partial charge in [0.15, 0.2) is 9.84 Å². The van der Waals surface area contributed by atoms with E-state index in [1.807, 2.05) is 37.3 Å². The molecule has 3 rings (SSSR count). The predicted molar refractivity (Wildman–Crippen MR) is 105 cm³/mol. The Hall–Kier alpha value is -2.37. The third kappa shape index (κ3) is 3.45. The van der Waals surface area contributed by atoms with Crippen LogP contribution in [0, 0.1) is 0 Å². The fraction of sp³-hybridized carbons (Fsp3) is 0.238. The molecule has 5 heteroatoms. The Morgan fingerprint density at radius 3 is 2.35 bits per heavy atom. The maximum absolute atomic E-state index is 11.6. The van der Waals surface area contributed by atoms with Gasteiger partial charge in [0, 0.05) is 12.9 Å². The first-order chi connectivity index (χ1) is 12.3. The number of ether oxygens (including phenoxy) is 1. The van der Waals surface area contributed by atoms with Crippen molar-refractivity contribution in [3.8, 4) is 5.75 Å².